The summed E-state index contributed by atoms with van der Waals surface area (Å²) in [4.78, 5) is 2.40. The molecule has 24 heavy (non-hydrogen) atoms. The highest BCUT2D eigenvalue weighted by Crippen LogP contribution is 2.28. The fourth-order valence-corrected chi connectivity index (χ4v) is 3.43. The van der Waals surface area contributed by atoms with Crippen molar-refractivity contribution in [1.82, 2.24) is 4.90 Å². The Morgan fingerprint density at radius 1 is 1.04 bits per heavy atom. The standard InChI is InChI=1S/C20H24FNO2/c21-18-9-7-17(8-10-18)20(24)12-19-2-1-11-22(19)13-15-3-5-16(14-23)6-4-15/h3-10,19-20,23-24H,1-2,11-14H2/t19-,20+/m0/s1. The van der Waals surface area contributed by atoms with Gasteiger partial charge in [0.25, 0.3) is 0 Å². The van der Waals surface area contributed by atoms with Crippen LogP contribution in [-0.2, 0) is 13.2 Å². The van der Waals surface area contributed by atoms with Gasteiger partial charge in [-0.3, -0.25) is 4.90 Å². The first-order chi connectivity index (χ1) is 11.7. The molecule has 1 heterocycles. The van der Waals surface area contributed by atoms with Crippen LogP contribution in [-0.4, -0.2) is 27.7 Å². The summed E-state index contributed by atoms with van der Waals surface area (Å²) in [6, 6.07) is 14.5. The van der Waals surface area contributed by atoms with E-state index in [1.807, 2.05) is 12.1 Å². The molecule has 0 aliphatic carbocycles. The number of nitrogens with zero attached hydrogens (tertiary/aromatic N) is 1. The molecular weight excluding hydrogens is 305 g/mol. The maximum absolute atomic E-state index is 13.0. The number of benzene rings is 2. The molecule has 0 amide bonds. The normalized spacial score (nSPS) is 19.5. The molecule has 128 valence electrons. The zero-order valence-corrected chi connectivity index (χ0v) is 13.7. The predicted octanol–water partition coefficient (Wildman–Crippen LogP) is 3.41. The molecule has 2 aromatic carbocycles. The van der Waals surface area contributed by atoms with E-state index in [4.69, 9.17) is 5.11 Å². The molecule has 0 aromatic heterocycles. The van der Waals surface area contributed by atoms with Crippen LogP contribution in [0.1, 0.15) is 42.1 Å². The molecule has 1 aliphatic rings. The van der Waals surface area contributed by atoms with Crippen molar-refractivity contribution >= 4 is 0 Å². The fraction of sp³-hybridized carbons (Fsp3) is 0.400. The highest BCUT2D eigenvalue weighted by atomic mass is 19.1. The van der Waals surface area contributed by atoms with Gasteiger partial charge in [-0.05, 0) is 54.6 Å². The minimum atomic E-state index is -0.562. The van der Waals surface area contributed by atoms with Crippen molar-refractivity contribution in [2.24, 2.45) is 0 Å². The first-order valence-electron chi connectivity index (χ1n) is 8.52. The van der Waals surface area contributed by atoms with Crippen LogP contribution in [0.3, 0.4) is 0 Å². The summed E-state index contributed by atoms with van der Waals surface area (Å²) < 4.78 is 13.0. The van der Waals surface area contributed by atoms with Gasteiger partial charge in [0, 0.05) is 12.6 Å². The van der Waals surface area contributed by atoms with Gasteiger partial charge in [-0.15, -0.1) is 0 Å². The van der Waals surface area contributed by atoms with Crippen LogP contribution in [0.2, 0.25) is 0 Å². The van der Waals surface area contributed by atoms with Crippen LogP contribution in [0.15, 0.2) is 48.5 Å². The molecular formula is C20H24FNO2. The number of hydrogen-bond acceptors (Lipinski definition) is 3. The van der Waals surface area contributed by atoms with E-state index in [9.17, 15) is 9.50 Å². The third-order valence-corrected chi connectivity index (χ3v) is 4.84. The molecule has 1 fully saturated rings. The smallest absolute Gasteiger partial charge is 0.123 e. The highest BCUT2D eigenvalue weighted by Gasteiger charge is 2.27. The lowest BCUT2D eigenvalue weighted by Crippen LogP contribution is -2.30. The van der Waals surface area contributed by atoms with Gasteiger partial charge in [0.2, 0.25) is 0 Å². The van der Waals surface area contributed by atoms with Gasteiger partial charge in [-0.25, -0.2) is 4.39 Å². The molecule has 4 heteroatoms. The second kappa shape index (κ2) is 7.88. The lowest BCUT2D eigenvalue weighted by Gasteiger charge is -2.26. The lowest BCUT2D eigenvalue weighted by atomic mass is 10.00. The quantitative estimate of drug-likeness (QED) is 0.853. The fourth-order valence-electron chi connectivity index (χ4n) is 3.43. The van der Waals surface area contributed by atoms with E-state index in [0.29, 0.717) is 12.5 Å². The van der Waals surface area contributed by atoms with Crippen LogP contribution in [0.5, 0.6) is 0 Å². The number of hydrogen-bond donors (Lipinski definition) is 2. The van der Waals surface area contributed by atoms with Crippen molar-refractivity contribution in [1.29, 1.82) is 0 Å². The molecule has 0 radical (unpaired) electrons. The van der Waals surface area contributed by atoms with Gasteiger partial charge >= 0.3 is 0 Å². The highest BCUT2D eigenvalue weighted by molar-refractivity contribution is 5.22. The second-order valence-corrected chi connectivity index (χ2v) is 6.54. The maximum Gasteiger partial charge on any atom is 0.123 e. The Morgan fingerprint density at radius 3 is 2.38 bits per heavy atom. The topological polar surface area (TPSA) is 43.7 Å². The van der Waals surface area contributed by atoms with Crippen LogP contribution < -0.4 is 0 Å². The zero-order chi connectivity index (χ0) is 16.9. The second-order valence-electron chi connectivity index (χ2n) is 6.54. The zero-order valence-electron chi connectivity index (χ0n) is 13.7. The Kier molecular flexibility index (Phi) is 5.61. The molecule has 2 aromatic rings. The van der Waals surface area contributed by atoms with Crippen LogP contribution in [0, 0.1) is 5.82 Å². The first-order valence-corrected chi connectivity index (χ1v) is 8.52. The van der Waals surface area contributed by atoms with Gasteiger partial charge in [-0.1, -0.05) is 36.4 Å². The predicted molar refractivity (Wildman–Crippen MR) is 91.8 cm³/mol. The van der Waals surface area contributed by atoms with Crippen molar-refractivity contribution in [2.75, 3.05) is 6.54 Å². The summed E-state index contributed by atoms with van der Waals surface area (Å²) >= 11 is 0. The van der Waals surface area contributed by atoms with Gasteiger partial charge in [0.1, 0.15) is 5.82 Å². The van der Waals surface area contributed by atoms with Gasteiger partial charge in [0.05, 0.1) is 12.7 Å². The third-order valence-electron chi connectivity index (χ3n) is 4.84. The molecule has 3 nitrogen and oxygen atoms in total. The number of aliphatic hydroxyl groups is 2. The number of aliphatic hydroxyl groups excluding tert-OH is 2. The van der Waals surface area contributed by atoms with E-state index in [1.54, 1.807) is 12.1 Å². The number of rotatable bonds is 6. The molecule has 1 aliphatic heterocycles. The summed E-state index contributed by atoms with van der Waals surface area (Å²) in [6.45, 7) is 1.95. The van der Waals surface area contributed by atoms with Crippen LogP contribution in [0.4, 0.5) is 4.39 Å². The average Bonchev–Trinajstić information content (AvgIpc) is 3.03. The molecule has 0 saturated carbocycles. The summed E-state index contributed by atoms with van der Waals surface area (Å²) in [6.07, 6.45) is 2.32. The SMILES string of the molecule is OCc1ccc(CN2CCC[C@H]2C[C@@H](O)c2ccc(F)cc2)cc1. The molecule has 0 spiro atoms. The van der Waals surface area contributed by atoms with Gasteiger partial charge < -0.3 is 10.2 Å². The lowest BCUT2D eigenvalue weighted by molar-refractivity contribution is 0.118. The number of halogens is 1. The van der Waals surface area contributed by atoms with Crippen molar-refractivity contribution in [3.8, 4) is 0 Å². The van der Waals surface area contributed by atoms with Crippen molar-refractivity contribution in [3.05, 3.63) is 71.0 Å². The average molecular weight is 329 g/mol. The maximum atomic E-state index is 13.0. The van der Waals surface area contributed by atoms with Crippen molar-refractivity contribution < 1.29 is 14.6 Å². The molecule has 0 bridgehead atoms. The molecule has 2 N–H and O–H groups in total. The van der Waals surface area contributed by atoms with E-state index >= 15 is 0 Å². The summed E-state index contributed by atoms with van der Waals surface area (Å²) in [5, 5.41) is 19.6. The van der Waals surface area contributed by atoms with Crippen LogP contribution >= 0.6 is 0 Å². The van der Waals surface area contributed by atoms with Crippen molar-refractivity contribution in [2.45, 2.75) is 44.6 Å². The minimum absolute atomic E-state index is 0.0660. The van der Waals surface area contributed by atoms with E-state index in [1.165, 1.54) is 17.7 Å². The monoisotopic (exact) mass is 329 g/mol. The van der Waals surface area contributed by atoms with E-state index in [0.717, 1.165) is 37.1 Å². The first kappa shape index (κ1) is 17.1. The Hall–Kier alpha value is -1.75. The Balaban J connectivity index is 1.61. The summed E-state index contributed by atoms with van der Waals surface area (Å²) in [7, 11) is 0. The third kappa shape index (κ3) is 4.20. The Bertz CT molecular complexity index is 642. The molecule has 0 unspecified atom stereocenters. The Labute approximate surface area is 142 Å². The van der Waals surface area contributed by atoms with E-state index in [-0.39, 0.29) is 12.4 Å². The Morgan fingerprint density at radius 2 is 1.71 bits per heavy atom. The minimum Gasteiger partial charge on any atom is -0.392 e. The summed E-state index contributed by atoms with van der Waals surface area (Å²) in [5.41, 5.74) is 2.91. The molecule has 2 atom stereocenters. The van der Waals surface area contributed by atoms with E-state index in [2.05, 4.69) is 17.0 Å². The largest absolute Gasteiger partial charge is 0.392 e. The van der Waals surface area contributed by atoms with Crippen LogP contribution in [0.25, 0.3) is 0 Å². The number of likely N-dealkylation sites (tertiary alicyclic amines) is 1. The molecule has 3 rings (SSSR count). The van der Waals surface area contributed by atoms with Gasteiger partial charge in [0.15, 0.2) is 0 Å². The van der Waals surface area contributed by atoms with Gasteiger partial charge in [-0.2, -0.15) is 0 Å². The summed E-state index contributed by atoms with van der Waals surface area (Å²) in [5.74, 6) is -0.278. The van der Waals surface area contributed by atoms with Crippen molar-refractivity contribution in [3.63, 3.8) is 0 Å². The molecule has 1 saturated heterocycles. The van der Waals surface area contributed by atoms with E-state index < -0.39 is 6.10 Å².